The Morgan fingerprint density at radius 2 is 1.96 bits per heavy atom. The molecule has 0 saturated carbocycles. The van der Waals surface area contributed by atoms with E-state index in [1.54, 1.807) is 30.6 Å². The molecule has 0 aliphatic heterocycles. The first-order valence-corrected chi connectivity index (χ1v) is 7.45. The van der Waals surface area contributed by atoms with Gasteiger partial charge < -0.3 is 9.30 Å². The number of carbonyl (C=O) groups is 1. The molecule has 0 radical (unpaired) electrons. The number of hydrogen-bond donors (Lipinski definition) is 0. The summed E-state index contributed by atoms with van der Waals surface area (Å²) < 4.78 is 7.31. The molecule has 2 heterocycles. The van der Waals surface area contributed by atoms with E-state index in [2.05, 4.69) is 27.1 Å². The van der Waals surface area contributed by atoms with Crippen LogP contribution >= 0.6 is 0 Å². The van der Waals surface area contributed by atoms with Crippen LogP contribution in [-0.4, -0.2) is 30.7 Å². The third-order valence-electron chi connectivity index (χ3n) is 3.50. The minimum absolute atomic E-state index is 0.0954. The molecule has 0 saturated heterocycles. The topological polar surface area (TPSA) is 82.8 Å². The number of ether oxygens (including phenoxy) is 1. The van der Waals surface area contributed by atoms with Crippen LogP contribution in [0.25, 0.3) is 11.0 Å². The SMILES string of the molecule is CCCn1c(C)nnc1COC(=O)c1ccc2nccnc2c1. The maximum atomic E-state index is 12.2. The van der Waals surface area contributed by atoms with Gasteiger partial charge >= 0.3 is 5.97 Å². The number of benzene rings is 1. The number of carbonyl (C=O) groups excluding carboxylic acids is 1. The van der Waals surface area contributed by atoms with Crippen molar-refractivity contribution >= 4 is 17.0 Å². The summed E-state index contributed by atoms with van der Waals surface area (Å²) in [6.07, 6.45) is 4.17. The van der Waals surface area contributed by atoms with Crippen LogP contribution in [0, 0.1) is 6.92 Å². The van der Waals surface area contributed by atoms with Gasteiger partial charge in [0.25, 0.3) is 0 Å². The minimum atomic E-state index is -0.416. The van der Waals surface area contributed by atoms with E-state index in [0.717, 1.165) is 24.3 Å². The fourth-order valence-electron chi connectivity index (χ4n) is 2.35. The van der Waals surface area contributed by atoms with Gasteiger partial charge in [0, 0.05) is 18.9 Å². The largest absolute Gasteiger partial charge is 0.454 e. The van der Waals surface area contributed by atoms with Gasteiger partial charge in [0.05, 0.1) is 16.6 Å². The summed E-state index contributed by atoms with van der Waals surface area (Å²) in [7, 11) is 0. The first kappa shape index (κ1) is 15.1. The fraction of sp³-hybridized carbons (Fsp3) is 0.312. The molecule has 3 rings (SSSR count). The molecule has 3 aromatic rings. The number of esters is 1. The molecular weight excluding hydrogens is 294 g/mol. The molecular formula is C16H17N5O2. The predicted molar refractivity (Wildman–Crippen MR) is 83.7 cm³/mol. The quantitative estimate of drug-likeness (QED) is 0.672. The highest BCUT2D eigenvalue weighted by molar-refractivity contribution is 5.93. The van der Waals surface area contributed by atoms with E-state index < -0.39 is 5.97 Å². The summed E-state index contributed by atoms with van der Waals surface area (Å²) in [4.78, 5) is 20.6. The second kappa shape index (κ2) is 6.51. The summed E-state index contributed by atoms with van der Waals surface area (Å²) in [5, 5.41) is 8.09. The number of aryl methyl sites for hydroxylation is 1. The number of hydrogen-bond acceptors (Lipinski definition) is 6. The van der Waals surface area contributed by atoms with Gasteiger partial charge in [0.2, 0.25) is 0 Å². The minimum Gasteiger partial charge on any atom is -0.454 e. The van der Waals surface area contributed by atoms with E-state index in [9.17, 15) is 4.79 Å². The monoisotopic (exact) mass is 311 g/mol. The van der Waals surface area contributed by atoms with E-state index in [0.29, 0.717) is 16.9 Å². The lowest BCUT2D eigenvalue weighted by molar-refractivity contribution is 0.0457. The normalized spacial score (nSPS) is 10.9. The molecule has 0 atom stereocenters. The van der Waals surface area contributed by atoms with Crippen molar-refractivity contribution in [3.05, 3.63) is 47.8 Å². The second-order valence-corrected chi connectivity index (χ2v) is 5.15. The summed E-state index contributed by atoms with van der Waals surface area (Å²) >= 11 is 0. The molecule has 0 fully saturated rings. The molecule has 0 bridgehead atoms. The Kier molecular flexibility index (Phi) is 4.27. The van der Waals surface area contributed by atoms with E-state index in [-0.39, 0.29) is 6.61 Å². The van der Waals surface area contributed by atoms with Gasteiger partial charge in [0.1, 0.15) is 5.82 Å². The molecule has 7 heteroatoms. The lowest BCUT2D eigenvalue weighted by atomic mass is 10.2. The van der Waals surface area contributed by atoms with Crippen molar-refractivity contribution < 1.29 is 9.53 Å². The second-order valence-electron chi connectivity index (χ2n) is 5.15. The van der Waals surface area contributed by atoms with Gasteiger partial charge in [-0.05, 0) is 31.5 Å². The Morgan fingerprint density at radius 3 is 2.74 bits per heavy atom. The van der Waals surface area contributed by atoms with E-state index in [1.807, 2.05) is 11.5 Å². The van der Waals surface area contributed by atoms with Crippen molar-refractivity contribution in [2.75, 3.05) is 0 Å². The number of rotatable bonds is 5. The lowest BCUT2D eigenvalue weighted by Gasteiger charge is -2.08. The Bertz CT molecular complexity index is 843. The van der Waals surface area contributed by atoms with Gasteiger partial charge in [-0.25, -0.2) is 4.79 Å². The number of aromatic nitrogens is 5. The van der Waals surface area contributed by atoms with Crippen molar-refractivity contribution in [2.24, 2.45) is 0 Å². The Hall–Kier alpha value is -2.83. The molecule has 2 aromatic heterocycles. The van der Waals surface area contributed by atoms with Gasteiger partial charge in [-0.3, -0.25) is 9.97 Å². The van der Waals surface area contributed by atoms with E-state index in [1.165, 1.54) is 0 Å². The third kappa shape index (κ3) is 3.18. The molecule has 1 aromatic carbocycles. The zero-order valence-electron chi connectivity index (χ0n) is 13.1. The molecule has 0 unspecified atom stereocenters. The standard InChI is InChI=1S/C16H17N5O2/c1-3-8-21-11(2)19-20-15(21)10-23-16(22)12-4-5-13-14(9-12)18-7-6-17-13/h4-7,9H,3,8,10H2,1-2H3. The van der Waals surface area contributed by atoms with E-state index in [4.69, 9.17) is 4.74 Å². The van der Waals surface area contributed by atoms with Crippen LogP contribution in [0.4, 0.5) is 0 Å². The van der Waals surface area contributed by atoms with Crippen LogP contribution in [0.2, 0.25) is 0 Å². The van der Waals surface area contributed by atoms with Crippen molar-refractivity contribution in [1.82, 2.24) is 24.7 Å². The van der Waals surface area contributed by atoms with Crippen molar-refractivity contribution in [1.29, 1.82) is 0 Å². The third-order valence-corrected chi connectivity index (χ3v) is 3.50. The zero-order valence-corrected chi connectivity index (χ0v) is 13.1. The maximum absolute atomic E-state index is 12.2. The first-order valence-electron chi connectivity index (χ1n) is 7.45. The molecule has 0 N–H and O–H groups in total. The molecule has 0 aliphatic carbocycles. The van der Waals surface area contributed by atoms with Crippen LogP contribution in [-0.2, 0) is 17.9 Å². The highest BCUT2D eigenvalue weighted by Crippen LogP contribution is 2.13. The smallest absolute Gasteiger partial charge is 0.338 e. The van der Waals surface area contributed by atoms with Crippen LogP contribution in [0.5, 0.6) is 0 Å². The molecule has 0 amide bonds. The maximum Gasteiger partial charge on any atom is 0.338 e. The summed E-state index contributed by atoms with van der Waals surface area (Å²) in [5.74, 6) is 1.05. The molecule has 0 spiro atoms. The molecule has 118 valence electrons. The Morgan fingerprint density at radius 1 is 1.17 bits per heavy atom. The summed E-state index contributed by atoms with van der Waals surface area (Å²) in [6, 6.07) is 5.11. The Balaban J connectivity index is 1.73. The average Bonchev–Trinajstić information content (AvgIpc) is 2.93. The van der Waals surface area contributed by atoms with Crippen molar-refractivity contribution in [3.63, 3.8) is 0 Å². The fourth-order valence-corrected chi connectivity index (χ4v) is 2.35. The predicted octanol–water partition coefficient (Wildman–Crippen LogP) is 2.30. The molecule has 7 nitrogen and oxygen atoms in total. The highest BCUT2D eigenvalue weighted by Gasteiger charge is 2.13. The van der Waals surface area contributed by atoms with Gasteiger partial charge in [0.15, 0.2) is 12.4 Å². The summed E-state index contributed by atoms with van der Waals surface area (Å²) in [6.45, 7) is 4.86. The van der Waals surface area contributed by atoms with Crippen LogP contribution < -0.4 is 0 Å². The molecule has 0 aliphatic rings. The number of nitrogens with zero attached hydrogens (tertiary/aromatic N) is 5. The molecule has 23 heavy (non-hydrogen) atoms. The first-order chi connectivity index (χ1) is 11.2. The average molecular weight is 311 g/mol. The van der Waals surface area contributed by atoms with Gasteiger partial charge in [-0.1, -0.05) is 6.92 Å². The highest BCUT2D eigenvalue weighted by atomic mass is 16.5. The van der Waals surface area contributed by atoms with Gasteiger partial charge in [-0.2, -0.15) is 0 Å². The number of fused-ring (bicyclic) bond motifs is 1. The lowest BCUT2D eigenvalue weighted by Crippen LogP contribution is -2.11. The van der Waals surface area contributed by atoms with Crippen molar-refractivity contribution in [3.8, 4) is 0 Å². The Labute approximate surface area is 133 Å². The summed E-state index contributed by atoms with van der Waals surface area (Å²) in [5.41, 5.74) is 1.84. The van der Waals surface area contributed by atoms with Crippen LogP contribution in [0.3, 0.4) is 0 Å². The van der Waals surface area contributed by atoms with E-state index >= 15 is 0 Å². The van der Waals surface area contributed by atoms with Crippen LogP contribution in [0.15, 0.2) is 30.6 Å². The van der Waals surface area contributed by atoms with Gasteiger partial charge in [-0.15, -0.1) is 10.2 Å². The zero-order chi connectivity index (χ0) is 16.2. The van der Waals surface area contributed by atoms with Crippen molar-refractivity contribution in [2.45, 2.75) is 33.4 Å². The van der Waals surface area contributed by atoms with Crippen LogP contribution in [0.1, 0.15) is 35.4 Å².